The van der Waals surface area contributed by atoms with Crippen molar-refractivity contribution < 1.29 is 14.3 Å². The van der Waals surface area contributed by atoms with E-state index in [1.807, 2.05) is 18.2 Å². The van der Waals surface area contributed by atoms with Gasteiger partial charge in [-0.3, -0.25) is 0 Å². The maximum Gasteiger partial charge on any atom is 0.358 e. The van der Waals surface area contributed by atoms with E-state index in [9.17, 15) is 4.79 Å². The molecule has 1 atom stereocenters. The predicted molar refractivity (Wildman–Crippen MR) is 83.8 cm³/mol. The van der Waals surface area contributed by atoms with E-state index in [4.69, 9.17) is 4.74 Å². The van der Waals surface area contributed by atoms with Crippen LogP contribution in [-0.2, 0) is 10.2 Å². The van der Waals surface area contributed by atoms with E-state index in [-0.39, 0.29) is 11.1 Å². The quantitative estimate of drug-likeness (QED) is 0.788. The number of benzene rings is 1. The maximum absolute atomic E-state index is 11.4. The first kappa shape index (κ1) is 14.0. The first-order valence-electron chi connectivity index (χ1n) is 7.61. The minimum absolute atomic E-state index is 0.0271. The monoisotopic (exact) mass is 311 g/mol. The normalized spacial score (nSPS) is 22.0. The van der Waals surface area contributed by atoms with Crippen LogP contribution in [0.4, 0.5) is 5.82 Å². The van der Waals surface area contributed by atoms with Crippen molar-refractivity contribution in [1.29, 1.82) is 0 Å². The molecule has 0 amide bonds. The van der Waals surface area contributed by atoms with Crippen LogP contribution in [0.2, 0.25) is 0 Å². The number of nitrogens with zero attached hydrogens (tertiary/aromatic N) is 3. The zero-order chi connectivity index (χ0) is 15.9. The van der Waals surface area contributed by atoms with Crippen LogP contribution in [0.1, 0.15) is 22.5 Å². The van der Waals surface area contributed by atoms with Crippen molar-refractivity contribution in [2.24, 2.45) is 0 Å². The average Bonchev–Trinajstić information content (AvgIpc) is 3.20. The molecule has 1 saturated heterocycles. The van der Waals surface area contributed by atoms with Crippen molar-refractivity contribution in [3.63, 3.8) is 0 Å². The molecule has 118 valence electrons. The van der Waals surface area contributed by atoms with Crippen molar-refractivity contribution in [2.45, 2.75) is 11.8 Å². The highest BCUT2D eigenvalue weighted by molar-refractivity contribution is 5.87. The average molecular weight is 311 g/mol. The lowest BCUT2D eigenvalue weighted by atomic mass is 9.82. The summed E-state index contributed by atoms with van der Waals surface area (Å²) in [6.07, 6.45) is 1.02. The molecule has 3 heterocycles. The number of rotatable bonds is 2. The summed E-state index contributed by atoms with van der Waals surface area (Å²) in [5.74, 6) is 1.29. The minimum Gasteiger partial charge on any atom is -0.492 e. The summed E-state index contributed by atoms with van der Waals surface area (Å²) < 4.78 is 10.5. The largest absolute Gasteiger partial charge is 0.492 e. The molecule has 4 rings (SSSR count). The van der Waals surface area contributed by atoms with Gasteiger partial charge in [0.25, 0.3) is 0 Å². The van der Waals surface area contributed by atoms with Gasteiger partial charge in [0, 0.05) is 18.7 Å². The molecule has 2 aromatic rings. The summed E-state index contributed by atoms with van der Waals surface area (Å²) >= 11 is 0. The van der Waals surface area contributed by atoms with Crippen molar-refractivity contribution in [3.05, 3.63) is 47.7 Å². The number of para-hydroxylation sites is 1. The van der Waals surface area contributed by atoms with E-state index in [1.54, 1.807) is 6.07 Å². The number of hydrogen-bond acceptors (Lipinski definition) is 6. The van der Waals surface area contributed by atoms with E-state index in [1.165, 1.54) is 12.7 Å². The molecule has 6 nitrogen and oxygen atoms in total. The highest BCUT2D eigenvalue weighted by Crippen LogP contribution is 2.45. The number of ether oxygens (including phenoxy) is 2. The third kappa shape index (κ3) is 2.21. The summed E-state index contributed by atoms with van der Waals surface area (Å²) in [5.41, 5.74) is 1.53. The lowest BCUT2D eigenvalue weighted by Crippen LogP contribution is -2.33. The van der Waals surface area contributed by atoms with Crippen LogP contribution in [0, 0.1) is 0 Å². The summed E-state index contributed by atoms with van der Waals surface area (Å²) in [7, 11) is 1.33. The Hall–Kier alpha value is -2.63. The molecule has 0 radical (unpaired) electrons. The number of methoxy groups -OCH3 is 1. The SMILES string of the molecule is COC(=O)c1ccc(N2CCC3(COc4ccccc43)C2)nn1. The number of esters is 1. The Morgan fingerprint density at radius 3 is 2.91 bits per heavy atom. The fourth-order valence-corrected chi connectivity index (χ4v) is 3.44. The van der Waals surface area contributed by atoms with Crippen molar-refractivity contribution >= 4 is 11.8 Å². The van der Waals surface area contributed by atoms with E-state index in [2.05, 4.69) is 32.0 Å². The zero-order valence-corrected chi connectivity index (χ0v) is 12.9. The first-order chi connectivity index (χ1) is 11.2. The van der Waals surface area contributed by atoms with Gasteiger partial charge in [0.1, 0.15) is 5.75 Å². The molecule has 1 aromatic carbocycles. The predicted octanol–water partition coefficient (Wildman–Crippen LogP) is 1.80. The van der Waals surface area contributed by atoms with Crippen LogP contribution < -0.4 is 9.64 Å². The second-order valence-electron chi connectivity index (χ2n) is 6.01. The van der Waals surface area contributed by atoms with Gasteiger partial charge in [-0.25, -0.2) is 4.79 Å². The number of carbonyl (C=O) groups excluding carboxylic acids is 1. The molecule has 0 N–H and O–H groups in total. The molecule has 0 bridgehead atoms. The second kappa shape index (κ2) is 5.22. The van der Waals surface area contributed by atoms with Gasteiger partial charge in [-0.05, 0) is 24.6 Å². The van der Waals surface area contributed by atoms with Crippen molar-refractivity contribution in [3.8, 4) is 5.75 Å². The summed E-state index contributed by atoms with van der Waals surface area (Å²) in [6.45, 7) is 2.44. The van der Waals surface area contributed by atoms with E-state index < -0.39 is 5.97 Å². The van der Waals surface area contributed by atoms with Gasteiger partial charge in [0.05, 0.1) is 19.1 Å². The van der Waals surface area contributed by atoms with Gasteiger partial charge in [-0.15, -0.1) is 10.2 Å². The van der Waals surface area contributed by atoms with Gasteiger partial charge >= 0.3 is 5.97 Å². The molecule has 6 heteroatoms. The van der Waals surface area contributed by atoms with Crippen LogP contribution in [0.3, 0.4) is 0 Å². The molecule has 2 aliphatic rings. The summed E-state index contributed by atoms with van der Waals surface area (Å²) in [6, 6.07) is 11.7. The molecule has 23 heavy (non-hydrogen) atoms. The Morgan fingerprint density at radius 1 is 1.26 bits per heavy atom. The number of hydrogen-bond donors (Lipinski definition) is 0. The number of anilines is 1. The molecule has 1 aromatic heterocycles. The van der Waals surface area contributed by atoms with E-state index in [0.29, 0.717) is 6.61 Å². The van der Waals surface area contributed by atoms with Crippen molar-refractivity contribution in [1.82, 2.24) is 10.2 Å². The van der Waals surface area contributed by atoms with Crippen molar-refractivity contribution in [2.75, 3.05) is 31.7 Å². The Morgan fingerprint density at radius 2 is 2.13 bits per heavy atom. The van der Waals surface area contributed by atoms with Gasteiger partial charge in [0.2, 0.25) is 0 Å². The van der Waals surface area contributed by atoms with E-state index in [0.717, 1.165) is 31.1 Å². The number of aromatic nitrogens is 2. The van der Waals surface area contributed by atoms with Gasteiger partial charge in [-0.1, -0.05) is 18.2 Å². The molecule has 0 aliphatic carbocycles. The molecular formula is C17H17N3O3. The van der Waals surface area contributed by atoms with Crippen LogP contribution in [-0.4, -0.2) is 43.0 Å². The fourth-order valence-electron chi connectivity index (χ4n) is 3.44. The first-order valence-corrected chi connectivity index (χ1v) is 7.61. The lowest BCUT2D eigenvalue weighted by molar-refractivity contribution is 0.0592. The van der Waals surface area contributed by atoms with Gasteiger partial charge in [0.15, 0.2) is 11.5 Å². The molecule has 1 fully saturated rings. The second-order valence-corrected chi connectivity index (χ2v) is 6.01. The minimum atomic E-state index is -0.472. The molecular weight excluding hydrogens is 294 g/mol. The van der Waals surface area contributed by atoms with Crippen LogP contribution in [0.25, 0.3) is 0 Å². The third-order valence-electron chi connectivity index (χ3n) is 4.69. The van der Waals surface area contributed by atoms with E-state index >= 15 is 0 Å². The van der Waals surface area contributed by atoms with Crippen LogP contribution >= 0.6 is 0 Å². The van der Waals surface area contributed by atoms with Crippen LogP contribution in [0.15, 0.2) is 36.4 Å². The molecule has 1 unspecified atom stereocenters. The molecule has 1 spiro atoms. The maximum atomic E-state index is 11.4. The Bertz CT molecular complexity index is 747. The summed E-state index contributed by atoms with van der Waals surface area (Å²) in [5, 5.41) is 8.13. The molecule has 0 saturated carbocycles. The number of carbonyl (C=O) groups is 1. The molecule has 2 aliphatic heterocycles. The zero-order valence-electron chi connectivity index (χ0n) is 12.9. The Kier molecular flexibility index (Phi) is 3.18. The smallest absolute Gasteiger partial charge is 0.358 e. The summed E-state index contributed by atoms with van der Waals surface area (Å²) in [4.78, 5) is 13.6. The third-order valence-corrected chi connectivity index (χ3v) is 4.69. The lowest BCUT2D eigenvalue weighted by Gasteiger charge is -2.23. The van der Waals surface area contributed by atoms with Gasteiger partial charge in [-0.2, -0.15) is 0 Å². The van der Waals surface area contributed by atoms with Gasteiger partial charge < -0.3 is 14.4 Å². The Balaban J connectivity index is 1.56. The Labute approximate surface area is 134 Å². The highest BCUT2D eigenvalue weighted by atomic mass is 16.5. The topological polar surface area (TPSA) is 64.5 Å². The van der Waals surface area contributed by atoms with Crippen LogP contribution in [0.5, 0.6) is 5.75 Å². The fraction of sp³-hybridized carbons (Fsp3) is 0.353. The number of fused-ring (bicyclic) bond motifs is 2. The standard InChI is InChI=1S/C17H17N3O3/c1-22-16(21)13-6-7-15(19-18-13)20-9-8-17(10-20)11-23-14-5-3-2-4-12(14)17/h2-7H,8-11H2,1H3. The highest BCUT2D eigenvalue weighted by Gasteiger charge is 2.46.